The van der Waals surface area contributed by atoms with Crippen molar-refractivity contribution < 1.29 is 4.74 Å². The number of nitrogen functional groups attached to an aromatic ring is 1. The van der Waals surface area contributed by atoms with E-state index in [-0.39, 0.29) is 0 Å². The first-order valence-corrected chi connectivity index (χ1v) is 5.81. The molecule has 0 unspecified atom stereocenters. The van der Waals surface area contributed by atoms with Crippen LogP contribution in [-0.2, 0) is 0 Å². The fourth-order valence-corrected chi connectivity index (χ4v) is 2.43. The normalized spacial score (nSPS) is 16.2. The molecule has 1 saturated carbocycles. The zero-order chi connectivity index (χ0) is 11.5. The number of anilines is 1. The van der Waals surface area contributed by atoms with Gasteiger partial charge >= 0.3 is 0 Å². The van der Waals surface area contributed by atoms with Crippen molar-refractivity contribution in [3.8, 4) is 11.9 Å². The summed E-state index contributed by atoms with van der Waals surface area (Å²) in [5.74, 6) is 0.672. The molecule has 1 aliphatic rings. The predicted octanol–water partition coefficient (Wildman–Crippen LogP) is 2.46. The molecule has 0 saturated heterocycles. The molecule has 2 N–H and O–H groups in total. The molecule has 0 spiro atoms. The lowest BCUT2D eigenvalue weighted by Gasteiger charge is -2.17. The van der Waals surface area contributed by atoms with Crippen LogP contribution in [0.25, 0.3) is 0 Å². The minimum atomic E-state index is 0.383. The molecule has 0 aliphatic heterocycles. The zero-order valence-corrected chi connectivity index (χ0v) is 9.57. The van der Waals surface area contributed by atoms with Gasteiger partial charge in [-0.25, -0.2) is 0 Å². The van der Waals surface area contributed by atoms with Crippen LogP contribution in [0, 0.1) is 11.3 Å². The second kappa shape index (κ2) is 4.48. The highest BCUT2D eigenvalue weighted by molar-refractivity contribution is 5.55. The maximum atomic E-state index is 9.10. The molecule has 16 heavy (non-hydrogen) atoms. The van der Waals surface area contributed by atoms with Gasteiger partial charge in [-0.15, -0.1) is 0 Å². The highest BCUT2D eigenvalue weighted by Gasteiger charge is 2.24. The Bertz CT molecular complexity index is 411. The van der Waals surface area contributed by atoms with Gasteiger partial charge in [0.25, 0.3) is 0 Å². The first kappa shape index (κ1) is 10.9. The van der Waals surface area contributed by atoms with E-state index in [2.05, 4.69) is 6.07 Å². The summed E-state index contributed by atoms with van der Waals surface area (Å²) in [6, 6.07) is 4.29. The highest BCUT2D eigenvalue weighted by atomic mass is 16.5. The van der Waals surface area contributed by atoms with E-state index in [1.807, 2.05) is 11.5 Å². The number of nitrogens with zero attached hydrogens (tertiary/aromatic N) is 2. The molecule has 1 aliphatic carbocycles. The third-order valence-electron chi connectivity index (χ3n) is 3.10. The van der Waals surface area contributed by atoms with E-state index < -0.39 is 0 Å². The molecular formula is C12H17N3O. The Morgan fingerprint density at radius 3 is 2.81 bits per heavy atom. The number of hydrogen-bond donors (Lipinski definition) is 1. The molecule has 1 heterocycles. The second-order valence-electron chi connectivity index (χ2n) is 4.14. The molecule has 2 rings (SSSR count). The average Bonchev–Trinajstić information content (AvgIpc) is 2.87. The Balaban J connectivity index is 2.42. The van der Waals surface area contributed by atoms with E-state index >= 15 is 0 Å². The largest absolute Gasteiger partial charge is 0.478 e. The quantitative estimate of drug-likeness (QED) is 0.849. The lowest BCUT2D eigenvalue weighted by Crippen LogP contribution is -2.10. The van der Waals surface area contributed by atoms with E-state index in [1.165, 1.54) is 12.8 Å². The summed E-state index contributed by atoms with van der Waals surface area (Å²) in [7, 11) is 0. The van der Waals surface area contributed by atoms with Crippen LogP contribution in [0.3, 0.4) is 0 Å². The van der Waals surface area contributed by atoms with Gasteiger partial charge in [-0.2, -0.15) is 5.26 Å². The molecule has 0 bridgehead atoms. The van der Waals surface area contributed by atoms with Crippen molar-refractivity contribution in [1.29, 1.82) is 5.26 Å². The van der Waals surface area contributed by atoms with Crippen molar-refractivity contribution in [1.82, 2.24) is 4.57 Å². The summed E-state index contributed by atoms with van der Waals surface area (Å²) in [5.41, 5.74) is 7.07. The lowest BCUT2D eigenvalue weighted by atomic mass is 10.2. The average molecular weight is 219 g/mol. The molecule has 0 aromatic carbocycles. The number of hydrogen-bond acceptors (Lipinski definition) is 3. The van der Waals surface area contributed by atoms with E-state index in [0.29, 0.717) is 29.9 Å². The van der Waals surface area contributed by atoms with E-state index in [0.717, 1.165) is 12.8 Å². The van der Waals surface area contributed by atoms with Gasteiger partial charge < -0.3 is 10.5 Å². The maximum absolute atomic E-state index is 9.10. The second-order valence-corrected chi connectivity index (χ2v) is 4.14. The first-order valence-electron chi connectivity index (χ1n) is 5.81. The van der Waals surface area contributed by atoms with Crippen molar-refractivity contribution in [3.63, 3.8) is 0 Å². The maximum Gasteiger partial charge on any atom is 0.218 e. The standard InChI is InChI=1S/C12H17N3O/c1-2-16-12-11(14)7-10(8-13)15(12)9-5-3-4-6-9/h7,9H,2-6,14H2,1H3. The molecule has 86 valence electrons. The number of ether oxygens (including phenoxy) is 1. The molecule has 4 heteroatoms. The van der Waals surface area contributed by atoms with Crippen molar-refractivity contribution in [2.75, 3.05) is 12.3 Å². The Morgan fingerprint density at radius 2 is 2.25 bits per heavy atom. The number of nitrogens with two attached hydrogens (primary N) is 1. The number of nitriles is 1. The van der Waals surface area contributed by atoms with Gasteiger partial charge in [-0.05, 0) is 19.8 Å². The van der Waals surface area contributed by atoms with Crippen LogP contribution in [0.4, 0.5) is 5.69 Å². The third kappa shape index (κ3) is 1.73. The summed E-state index contributed by atoms with van der Waals surface area (Å²) in [4.78, 5) is 0. The van der Waals surface area contributed by atoms with Crippen molar-refractivity contribution in [3.05, 3.63) is 11.8 Å². The third-order valence-corrected chi connectivity index (χ3v) is 3.10. The van der Waals surface area contributed by atoms with Crippen LogP contribution < -0.4 is 10.5 Å². The molecule has 1 fully saturated rings. The molecule has 1 aromatic heterocycles. The smallest absolute Gasteiger partial charge is 0.218 e. The molecule has 4 nitrogen and oxygen atoms in total. The first-order chi connectivity index (χ1) is 7.77. The Morgan fingerprint density at radius 1 is 1.56 bits per heavy atom. The predicted molar refractivity (Wildman–Crippen MR) is 62.2 cm³/mol. The van der Waals surface area contributed by atoms with E-state index in [9.17, 15) is 0 Å². The highest BCUT2D eigenvalue weighted by Crippen LogP contribution is 2.38. The van der Waals surface area contributed by atoms with E-state index in [4.69, 9.17) is 15.7 Å². The minimum Gasteiger partial charge on any atom is -0.478 e. The van der Waals surface area contributed by atoms with Crippen LogP contribution in [-0.4, -0.2) is 11.2 Å². The number of aromatic nitrogens is 1. The van der Waals surface area contributed by atoms with Gasteiger partial charge in [0.2, 0.25) is 5.88 Å². The monoisotopic (exact) mass is 219 g/mol. The molecule has 0 atom stereocenters. The van der Waals surface area contributed by atoms with Crippen molar-refractivity contribution in [2.24, 2.45) is 0 Å². The summed E-state index contributed by atoms with van der Waals surface area (Å²) in [6.07, 6.45) is 4.67. The fraction of sp³-hybridized carbons (Fsp3) is 0.583. The van der Waals surface area contributed by atoms with Crippen molar-refractivity contribution >= 4 is 5.69 Å². The lowest BCUT2D eigenvalue weighted by molar-refractivity contribution is 0.297. The molecular weight excluding hydrogens is 202 g/mol. The van der Waals surface area contributed by atoms with Crippen LogP contribution in [0.15, 0.2) is 6.07 Å². The van der Waals surface area contributed by atoms with Crippen LogP contribution in [0.5, 0.6) is 5.88 Å². The van der Waals surface area contributed by atoms with E-state index in [1.54, 1.807) is 6.07 Å². The molecule has 0 amide bonds. The number of rotatable bonds is 3. The van der Waals surface area contributed by atoms with Gasteiger partial charge in [-0.3, -0.25) is 4.57 Å². The molecule has 0 radical (unpaired) electrons. The Kier molecular flexibility index (Phi) is 3.04. The van der Waals surface area contributed by atoms with Gasteiger partial charge in [-0.1, -0.05) is 12.8 Å². The van der Waals surface area contributed by atoms with Gasteiger partial charge in [0.15, 0.2) is 0 Å². The van der Waals surface area contributed by atoms with Crippen molar-refractivity contribution in [2.45, 2.75) is 38.6 Å². The SMILES string of the molecule is CCOc1c(N)cc(C#N)n1C1CCCC1. The van der Waals surface area contributed by atoms with Crippen LogP contribution in [0.2, 0.25) is 0 Å². The van der Waals surface area contributed by atoms with Gasteiger partial charge in [0.1, 0.15) is 11.8 Å². The molecule has 1 aromatic rings. The van der Waals surface area contributed by atoms with Crippen LogP contribution >= 0.6 is 0 Å². The zero-order valence-electron chi connectivity index (χ0n) is 9.57. The fourth-order valence-electron chi connectivity index (χ4n) is 2.43. The summed E-state index contributed by atoms with van der Waals surface area (Å²) >= 11 is 0. The van der Waals surface area contributed by atoms with Gasteiger partial charge in [0.05, 0.1) is 12.3 Å². The van der Waals surface area contributed by atoms with Crippen LogP contribution in [0.1, 0.15) is 44.3 Å². The summed E-state index contributed by atoms with van der Waals surface area (Å²) < 4.78 is 7.53. The van der Waals surface area contributed by atoms with Gasteiger partial charge in [0, 0.05) is 12.1 Å². The Labute approximate surface area is 95.6 Å². The minimum absolute atomic E-state index is 0.383. The Hall–Kier alpha value is -1.63. The summed E-state index contributed by atoms with van der Waals surface area (Å²) in [5, 5.41) is 9.10. The topological polar surface area (TPSA) is 64.0 Å². The summed E-state index contributed by atoms with van der Waals surface area (Å²) in [6.45, 7) is 2.50.